The van der Waals surface area contributed by atoms with Gasteiger partial charge in [0.2, 0.25) is 0 Å². The van der Waals surface area contributed by atoms with E-state index in [9.17, 15) is 13.2 Å². The molecule has 0 atom stereocenters. The average Bonchev–Trinajstić information content (AvgIpc) is 2.60. The Kier molecular flexibility index (Phi) is 5.15. The van der Waals surface area contributed by atoms with Crippen LogP contribution in [0.25, 0.3) is 0 Å². The number of alkyl halides is 3. The number of benzene rings is 1. The summed E-state index contributed by atoms with van der Waals surface area (Å²) in [6, 6.07) is 5.52. The van der Waals surface area contributed by atoms with E-state index in [2.05, 4.69) is 15.3 Å². The maximum absolute atomic E-state index is 13.1. The fraction of sp³-hybridized carbons (Fsp3) is 0.412. The molecule has 4 nitrogen and oxygen atoms in total. The van der Waals surface area contributed by atoms with Crippen molar-refractivity contribution in [3.05, 3.63) is 52.9 Å². The van der Waals surface area contributed by atoms with Crippen molar-refractivity contribution in [1.82, 2.24) is 9.97 Å². The van der Waals surface area contributed by atoms with Crippen LogP contribution in [0.15, 0.2) is 36.7 Å². The van der Waals surface area contributed by atoms with E-state index in [0.717, 1.165) is 6.07 Å². The Balaban J connectivity index is 1.88. The number of aromatic nitrogens is 2. The van der Waals surface area contributed by atoms with Crippen molar-refractivity contribution in [2.45, 2.75) is 24.4 Å². The first-order valence-electron chi connectivity index (χ1n) is 7.86. The van der Waals surface area contributed by atoms with Gasteiger partial charge in [-0.25, -0.2) is 4.98 Å². The monoisotopic (exact) mass is 371 g/mol. The van der Waals surface area contributed by atoms with E-state index in [1.807, 2.05) is 0 Å². The van der Waals surface area contributed by atoms with Crippen LogP contribution in [-0.4, -0.2) is 29.7 Å². The van der Waals surface area contributed by atoms with Gasteiger partial charge in [0.25, 0.3) is 0 Å². The molecule has 1 aliphatic heterocycles. The Morgan fingerprint density at radius 3 is 2.64 bits per heavy atom. The number of hydrogen-bond acceptors (Lipinski definition) is 4. The topological polar surface area (TPSA) is 47.0 Å². The maximum atomic E-state index is 13.1. The highest BCUT2D eigenvalue weighted by molar-refractivity contribution is 6.29. The molecule has 1 aromatic heterocycles. The maximum Gasteiger partial charge on any atom is 0.416 e. The molecule has 3 rings (SSSR count). The van der Waals surface area contributed by atoms with Crippen molar-refractivity contribution in [2.75, 3.05) is 25.1 Å². The summed E-state index contributed by atoms with van der Waals surface area (Å²) < 4.78 is 44.7. The molecular weight excluding hydrogens is 355 g/mol. The summed E-state index contributed by atoms with van der Waals surface area (Å²) in [5.41, 5.74) is -0.463. The summed E-state index contributed by atoms with van der Waals surface area (Å²) in [5, 5.41) is 3.41. The van der Waals surface area contributed by atoms with Crippen LogP contribution in [0.5, 0.6) is 0 Å². The van der Waals surface area contributed by atoms with Gasteiger partial charge in [-0.3, -0.25) is 4.98 Å². The smallest absolute Gasteiger partial charge is 0.381 e. The second-order valence-electron chi connectivity index (χ2n) is 6.05. The van der Waals surface area contributed by atoms with E-state index >= 15 is 0 Å². The van der Waals surface area contributed by atoms with Crippen molar-refractivity contribution in [2.24, 2.45) is 0 Å². The van der Waals surface area contributed by atoms with Crippen LogP contribution in [0, 0.1) is 0 Å². The zero-order valence-corrected chi connectivity index (χ0v) is 14.1. The van der Waals surface area contributed by atoms with E-state index in [4.69, 9.17) is 16.3 Å². The molecule has 1 saturated heterocycles. The lowest BCUT2D eigenvalue weighted by Crippen LogP contribution is -2.40. The van der Waals surface area contributed by atoms with E-state index in [1.165, 1.54) is 24.5 Å². The van der Waals surface area contributed by atoms with Gasteiger partial charge in [0.15, 0.2) is 0 Å². The van der Waals surface area contributed by atoms with Gasteiger partial charge in [-0.15, -0.1) is 0 Å². The molecule has 0 bridgehead atoms. The molecule has 0 saturated carbocycles. The average molecular weight is 372 g/mol. The number of ether oxygens (including phenoxy) is 1. The quantitative estimate of drug-likeness (QED) is 0.870. The molecule has 0 amide bonds. The van der Waals surface area contributed by atoms with Crippen LogP contribution in [0.1, 0.15) is 24.0 Å². The van der Waals surface area contributed by atoms with Crippen molar-refractivity contribution < 1.29 is 17.9 Å². The normalized spacial score (nSPS) is 17.3. The SMILES string of the molecule is FC(F)(F)c1cccc(C2(CNc3cncc(Cl)n3)CCOCC2)c1. The van der Waals surface area contributed by atoms with E-state index in [0.29, 0.717) is 44.0 Å². The van der Waals surface area contributed by atoms with Crippen molar-refractivity contribution in [3.63, 3.8) is 0 Å². The predicted octanol–water partition coefficient (Wildman–Crippen LogP) is 4.31. The van der Waals surface area contributed by atoms with Crippen molar-refractivity contribution in [1.29, 1.82) is 0 Å². The first-order chi connectivity index (χ1) is 11.9. The Morgan fingerprint density at radius 1 is 1.20 bits per heavy atom. The highest BCUT2D eigenvalue weighted by Crippen LogP contribution is 2.38. The van der Waals surface area contributed by atoms with Gasteiger partial charge in [0.05, 0.1) is 18.0 Å². The number of halogens is 4. The van der Waals surface area contributed by atoms with Crippen LogP contribution in [0.3, 0.4) is 0 Å². The fourth-order valence-corrected chi connectivity index (χ4v) is 3.19. The molecule has 134 valence electrons. The third-order valence-corrected chi connectivity index (χ3v) is 4.65. The largest absolute Gasteiger partial charge is 0.416 e. The highest BCUT2D eigenvalue weighted by Gasteiger charge is 2.37. The molecule has 8 heteroatoms. The summed E-state index contributed by atoms with van der Waals surface area (Å²) in [6.07, 6.45) is -0.173. The molecule has 25 heavy (non-hydrogen) atoms. The second kappa shape index (κ2) is 7.17. The van der Waals surface area contributed by atoms with Crippen LogP contribution in [0.4, 0.5) is 19.0 Å². The molecule has 1 fully saturated rings. The summed E-state index contributed by atoms with van der Waals surface area (Å²) >= 11 is 5.83. The summed E-state index contributed by atoms with van der Waals surface area (Å²) in [6.45, 7) is 1.42. The van der Waals surface area contributed by atoms with Crippen molar-refractivity contribution in [3.8, 4) is 0 Å². The summed E-state index contributed by atoms with van der Waals surface area (Å²) in [5.74, 6) is 0.491. The molecule has 1 N–H and O–H groups in total. The Hall–Kier alpha value is -1.86. The van der Waals surface area contributed by atoms with Crippen LogP contribution < -0.4 is 5.32 Å². The van der Waals surface area contributed by atoms with Gasteiger partial charge >= 0.3 is 6.18 Å². The lowest BCUT2D eigenvalue weighted by molar-refractivity contribution is -0.137. The lowest BCUT2D eigenvalue weighted by atomic mass is 9.73. The minimum Gasteiger partial charge on any atom is -0.381 e. The van der Waals surface area contributed by atoms with Crippen LogP contribution in [-0.2, 0) is 16.3 Å². The van der Waals surface area contributed by atoms with Gasteiger partial charge < -0.3 is 10.1 Å². The molecular formula is C17H17ClF3N3O. The van der Waals surface area contributed by atoms with E-state index < -0.39 is 17.2 Å². The zero-order valence-electron chi connectivity index (χ0n) is 13.3. The fourth-order valence-electron chi connectivity index (χ4n) is 3.04. The van der Waals surface area contributed by atoms with Gasteiger partial charge in [0, 0.05) is 25.2 Å². The standard InChI is InChI=1S/C17H17ClF3N3O/c18-14-9-22-10-15(24-14)23-11-16(4-6-25-7-5-16)12-2-1-3-13(8-12)17(19,20)21/h1-3,8-10H,4-7,11H2,(H,23,24). The molecule has 1 aliphatic rings. The summed E-state index contributed by atoms with van der Waals surface area (Å²) in [7, 11) is 0. The zero-order chi connectivity index (χ0) is 17.9. The summed E-state index contributed by atoms with van der Waals surface area (Å²) in [4.78, 5) is 8.08. The molecule has 2 heterocycles. The van der Waals surface area contributed by atoms with E-state index in [1.54, 1.807) is 6.07 Å². The molecule has 0 aliphatic carbocycles. The Labute approximate surface area is 148 Å². The number of anilines is 1. The molecule has 0 spiro atoms. The minimum absolute atomic E-state index is 0.255. The predicted molar refractivity (Wildman–Crippen MR) is 88.7 cm³/mol. The molecule has 1 aromatic carbocycles. The number of rotatable bonds is 4. The Morgan fingerprint density at radius 2 is 1.96 bits per heavy atom. The van der Waals surface area contributed by atoms with Crippen LogP contribution in [0.2, 0.25) is 5.15 Å². The van der Waals surface area contributed by atoms with Crippen LogP contribution >= 0.6 is 11.6 Å². The Bertz CT molecular complexity index is 733. The molecule has 0 unspecified atom stereocenters. The molecule has 0 radical (unpaired) electrons. The van der Waals surface area contributed by atoms with Crippen molar-refractivity contribution >= 4 is 17.4 Å². The van der Waals surface area contributed by atoms with Gasteiger partial charge in [-0.05, 0) is 24.5 Å². The van der Waals surface area contributed by atoms with Gasteiger partial charge in [0.1, 0.15) is 11.0 Å². The third-order valence-electron chi connectivity index (χ3n) is 4.47. The number of nitrogens with zero attached hydrogens (tertiary/aromatic N) is 2. The first-order valence-corrected chi connectivity index (χ1v) is 8.24. The highest BCUT2D eigenvalue weighted by atomic mass is 35.5. The van der Waals surface area contributed by atoms with Gasteiger partial charge in [-0.1, -0.05) is 29.8 Å². The first kappa shape index (κ1) is 17.9. The van der Waals surface area contributed by atoms with E-state index in [-0.39, 0.29) is 5.15 Å². The lowest BCUT2D eigenvalue weighted by Gasteiger charge is -2.38. The minimum atomic E-state index is -4.37. The third kappa shape index (κ3) is 4.22. The van der Waals surface area contributed by atoms with Gasteiger partial charge in [-0.2, -0.15) is 13.2 Å². The second-order valence-corrected chi connectivity index (χ2v) is 6.44. The number of nitrogens with one attached hydrogen (secondary N) is 1. The number of hydrogen-bond donors (Lipinski definition) is 1. The molecule has 2 aromatic rings.